The van der Waals surface area contributed by atoms with Crippen molar-refractivity contribution in [2.24, 2.45) is 11.8 Å². The highest BCUT2D eigenvalue weighted by atomic mass is 14.4. The molecule has 2 atom stereocenters. The number of hydrogen-bond acceptors (Lipinski definition) is 1. The van der Waals surface area contributed by atoms with Crippen LogP contribution in [0.2, 0.25) is 0 Å². The van der Waals surface area contributed by atoms with Gasteiger partial charge >= 0.3 is 0 Å². The van der Waals surface area contributed by atoms with Crippen LogP contribution in [0.3, 0.4) is 0 Å². The molecule has 0 amide bonds. The lowest BCUT2D eigenvalue weighted by Crippen LogP contribution is -1.92. The minimum absolute atomic E-state index is 0.468. The molecule has 2 rings (SSSR count). The second-order valence-electron chi connectivity index (χ2n) is 3.04. The average molecular weight is 131 g/mol. The standard InChI is InChI=1S/C9H9N/c1-6-7-2-3-8(4-7)9(6)5-10/h2-3,7-8H,4H2,1H3/t7-,8+/m1/s1. The molecule has 2 bridgehead atoms. The normalized spacial score (nSPS) is 35.2. The summed E-state index contributed by atoms with van der Waals surface area (Å²) in [7, 11) is 0. The Morgan fingerprint density at radius 1 is 1.50 bits per heavy atom. The van der Waals surface area contributed by atoms with Crippen LogP contribution >= 0.6 is 0 Å². The van der Waals surface area contributed by atoms with Gasteiger partial charge in [-0.3, -0.25) is 0 Å². The summed E-state index contributed by atoms with van der Waals surface area (Å²) in [6.07, 6.45) is 5.55. The summed E-state index contributed by atoms with van der Waals surface area (Å²) in [6, 6.07) is 2.27. The van der Waals surface area contributed by atoms with Crippen molar-refractivity contribution < 1.29 is 0 Å². The molecule has 10 heavy (non-hydrogen) atoms. The van der Waals surface area contributed by atoms with Gasteiger partial charge in [-0.15, -0.1) is 0 Å². The highest BCUT2D eigenvalue weighted by molar-refractivity contribution is 5.43. The van der Waals surface area contributed by atoms with Crippen molar-refractivity contribution in [3.05, 3.63) is 23.3 Å². The zero-order valence-corrected chi connectivity index (χ0v) is 5.96. The van der Waals surface area contributed by atoms with E-state index >= 15 is 0 Å². The molecule has 2 aliphatic rings. The van der Waals surface area contributed by atoms with Gasteiger partial charge in [-0.1, -0.05) is 17.7 Å². The third kappa shape index (κ3) is 0.515. The Morgan fingerprint density at radius 3 is 2.60 bits per heavy atom. The SMILES string of the molecule is CC1=C(C#N)[C@H]2C=C[C@@H]1C2. The molecule has 50 valence electrons. The van der Waals surface area contributed by atoms with Gasteiger partial charge in [0.15, 0.2) is 0 Å². The lowest BCUT2D eigenvalue weighted by atomic mass is 10.00. The summed E-state index contributed by atoms with van der Waals surface area (Å²) < 4.78 is 0. The van der Waals surface area contributed by atoms with Crippen LogP contribution in [0.1, 0.15) is 13.3 Å². The molecule has 0 saturated heterocycles. The van der Waals surface area contributed by atoms with Crippen LogP contribution in [0.4, 0.5) is 0 Å². The maximum atomic E-state index is 8.72. The summed E-state index contributed by atoms with van der Waals surface area (Å²) in [5.41, 5.74) is 2.32. The Kier molecular flexibility index (Phi) is 0.990. The molecule has 0 spiro atoms. The number of fused-ring (bicyclic) bond motifs is 2. The number of nitrogens with zero attached hydrogens (tertiary/aromatic N) is 1. The van der Waals surface area contributed by atoms with Crippen molar-refractivity contribution in [3.8, 4) is 6.07 Å². The van der Waals surface area contributed by atoms with E-state index in [-0.39, 0.29) is 0 Å². The molecule has 0 aromatic rings. The van der Waals surface area contributed by atoms with E-state index in [4.69, 9.17) is 5.26 Å². The largest absolute Gasteiger partial charge is 0.193 e. The van der Waals surface area contributed by atoms with Crippen molar-refractivity contribution in [3.63, 3.8) is 0 Å². The van der Waals surface area contributed by atoms with Gasteiger partial charge in [0.05, 0.1) is 6.07 Å². The van der Waals surface area contributed by atoms with E-state index in [0.717, 1.165) is 12.0 Å². The van der Waals surface area contributed by atoms with Crippen LogP contribution < -0.4 is 0 Å². The number of nitriles is 1. The number of allylic oxidation sites excluding steroid dienone is 4. The van der Waals surface area contributed by atoms with Crippen molar-refractivity contribution in [1.29, 1.82) is 5.26 Å². The summed E-state index contributed by atoms with van der Waals surface area (Å²) in [4.78, 5) is 0. The van der Waals surface area contributed by atoms with E-state index in [1.165, 1.54) is 5.57 Å². The molecule has 1 heteroatoms. The third-order valence-electron chi connectivity index (χ3n) is 2.56. The molecule has 0 radical (unpaired) electrons. The zero-order chi connectivity index (χ0) is 7.14. The van der Waals surface area contributed by atoms with Crippen LogP contribution in [-0.4, -0.2) is 0 Å². The number of rotatable bonds is 0. The highest BCUT2D eigenvalue weighted by Gasteiger charge is 2.32. The van der Waals surface area contributed by atoms with Crippen LogP contribution in [0.5, 0.6) is 0 Å². The van der Waals surface area contributed by atoms with E-state index in [9.17, 15) is 0 Å². The first-order valence-electron chi connectivity index (χ1n) is 3.62. The summed E-state index contributed by atoms with van der Waals surface area (Å²) in [5, 5.41) is 8.72. The molecule has 1 nitrogen and oxygen atoms in total. The average Bonchev–Trinajstić information content (AvgIpc) is 2.46. The molecule has 0 fully saturated rings. The Balaban J connectivity index is 2.44. The van der Waals surface area contributed by atoms with Gasteiger partial charge in [0.1, 0.15) is 0 Å². The molecule has 2 aliphatic carbocycles. The van der Waals surface area contributed by atoms with E-state index in [1.54, 1.807) is 0 Å². The fourth-order valence-corrected chi connectivity index (χ4v) is 1.90. The Hall–Kier alpha value is -1.03. The van der Waals surface area contributed by atoms with E-state index < -0.39 is 0 Å². The summed E-state index contributed by atoms with van der Waals surface area (Å²) in [5.74, 6) is 1.06. The van der Waals surface area contributed by atoms with Crippen LogP contribution in [0, 0.1) is 23.2 Å². The molecule has 0 saturated carbocycles. The van der Waals surface area contributed by atoms with E-state index in [0.29, 0.717) is 11.8 Å². The first-order valence-corrected chi connectivity index (χ1v) is 3.62. The predicted molar refractivity (Wildman–Crippen MR) is 39.1 cm³/mol. The van der Waals surface area contributed by atoms with Crippen LogP contribution in [0.25, 0.3) is 0 Å². The lowest BCUT2D eigenvalue weighted by molar-refractivity contribution is 0.708. The van der Waals surface area contributed by atoms with Gasteiger partial charge in [0.2, 0.25) is 0 Å². The molecule has 0 heterocycles. The molecule has 0 aromatic heterocycles. The van der Waals surface area contributed by atoms with Gasteiger partial charge < -0.3 is 0 Å². The van der Waals surface area contributed by atoms with E-state index in [1.807, 2.05) is 0 Å². The fraction of sp³-hybridized carbons (Fsp3) is 0.444. The molecule has 0 aliphatic heterocycles. The van der Waals surface area contributed by atoms with Crippen molar-refractivity contribution >= 4 is 0 Å². The molecular weight excluding hydrogens is 122 g/mol. The van der Waals surface area contributed by atoms with Gasteiger partial charge in [0.25, 0.3) is 0 Å². The van der Waals surface area contributed by atoms with Gasteiger partial charge in [-0.2, -0.15) is 5.26 Å². The topological polar surface area (TPSA) is 23.8 Å². The second kappa shape index (κ2) is 1.73. The van der Waals surface area contributed by atoms with Crippen molar-refractivity contribution in [1.82, 2.24) is 0 Å². The minimum atomic E-state index is 0.468. The quantitative estimate of drug-likeness (QED) is 0.461. The summed E-state index contributed by atoms with van der Waals surface area (Å²) >= 11 is 0. The second-order valence-corrected chi connectivity index (χ2v) is 3.04. The van der Waals surface area contributed by atoms with Gasteiger partial charge in [-0.25, -0.2) is 0 Å². The maximum absolute atomic E-state index is 8.72. The fourth-order valence-electron chi connectivity index (χ4n) is 1.90. The summed E-state index contributed by atoms with van der Waals surface area (Å²) in [6.45, 7) is 2.08. The molecule has 0 aromatic carbocycles. The van der Waals surface area contributed by atoms with Gasteiger partial charge in [-0.05, 0) is 19.3 Å². The zero-order valence-electron chi connectivity index (χ0n) is 5.96. The Labute approximate surface area is 60.7 Å². The predicted octanol–water partition coefficient (Wildman–Crippen LogP) is 2.03. The van der Waals surface area contributed by atoms with Crippen LogP contribution in [0.15, 0.2) is 23.3 Å². The van der Waals surface area contributed by atoms with Crippen LogP contribution in [-0.2, 0) is 0 Å². The lowest BCUT2D eigenvalue weighted by Gasteiger charge is -2.03. The molecule has 0 unspecified atom stereocenters. The molecular formula is C9H9N. The van der Waals surface area contributed by atoms with Crippen molar-refractivity contribution in [2.45, 2.75) is 13.3 Å². The Morgan fingerprint density at radius 2 is 2.20 bits per heavy atom. The Bertz CT molecular complexity index is 265. The first-order chi connectivity index (χ1) is 4.83. The van der Waals surface area contributed by atoms with Crippen molar-refractivity contribution in [2.75, 3.05) is 0 Å². The number of hydrogen-bond donors (Lipinski definition) is 0. The highest BCUT2D eigenvalue weighted by Crippen LogP contribution is 2.42. The van der Waals surface area contributed by atoms with Gasteiger partial charge in [0, 0.05) is 11.5 Å². The van der Waals surface area contributed by atoms with E-state index in [2.05, 4.69) is 25.1 Å². The first kappa shape index (κ1) is 5.73. The maximum Gasteiger partial charge on any atom is 0.0953 e. The monoisotopic (exact) mass is 131 g/mol. The third-order valence-corrected chi connectivity index (χ3v) is 2.56. The smallest absolute Gasteiger partial charge is 0.0953 e. The molecule has 0 N–H and O–H groups in total. The minimum Gasteiger partial charge on any atom is -0.193 e.